The molecule has 4 nitrogen and oxygen atoms in total. The normalized spacial score (nSPS) is 14.4. The summed E-state index contributed by atoms with van der Waals surface area (Å²) < 4.78 is 20.2. The molecule has 0 aliphatic carbocycles. The molecule has 114 valence electrons. The SMILES string of the molecule is COC(=O)C(C(C)C)n1c(C(C)Cl)nc2ccc(F)cc21. The fourth-order valence-electron chi connectivity index (χ4n) is 2.45. The van der Waals surface area contributed by atoms with Crippen LogP contribution in [0.15, 0.2) is 18.2 Å². The predicted molar refractivity (Wildman–Crippen MR) is 79.9 cm³/mol. The van der Waals surface area contributed by atoms with Gasteiger partial charge in [0.1, 0.15) is 17.7 Å². The van der Waals surface area contributed by atoms with Crippen molar-refractivity contribution in [2.75, 3.05) is 7.11 Å². The van der Waals surface area contributed by atoms with E-state index in [1.807, 2.05) is 13.8 Å². The molecule has 0 saturated heterocycles. The zero-order valence-corrected chi connectivity index (χ0v) is 13.2. The Morgan fingerprint density at radius 2 is 2.05 bits per heavy atom. The highest BCUT2D eigenvalue weighted by atomic mass is 35.5. The van der Waals surface area contributed by atoms with Gasteiger partial charge >= 0.3 is 5.97 Å². The van der Waals surface area contributed by atoms with E-state index < -0.39 is 17.4 Å². The summed E-state index contributed by atoms with van der Waals surface area (Å²) in [4.78, 5) is 16.6. The summed E-state index contributed by atoms with van der Waals surface area (Å²) in [6.07, 6.45) is 0. The first kappa shape index (κ1) is 15.8. The van der Waals surface area contributed by atoms with Crippen molar-refractivity contribution in [2.45, 2.75) is 32.2 Å². The molecule has 1 aromatic heterocycles. The number of rotatable bonds is 4. The van der Waals surface area contributed by atoms with E-state index in [9.17, 15) is 9.18 Å². The standard InChI is InChI=1S/C15H18ClFN2O2/c1-8(2)13(15(20)21-4)19-12-7-10(17)5-6-11(12)18-14(19)9(3)16/h5-9,13H,1-4H3. The first-order valence-electron chi connectivity index (χ1n) is 6.76. The van der Waals surface area contributed by atoms with Crippen molar-refractivity contribution in [3.8, 4) is 0 Å². The van der Waals surface area contributed by atoms with Gasteiger partial charge in [-0.3, -0.25) is 0 Å². The average molecular weight is 313 g/mol. The molecule has 6 heteroatoms. The first-order chi connectivity index (χ1) is 9.86. The Labute approximate surface area is 127 Å². The Bertz CT molecular complexity index is 667. The number of ether oxygens (including phenoxy) is 1. The monoisotopic (exact) mass is 312 g/mol. The molecule has 0 aliphatic heterocycles. The van der Waals surface area contributed by atoms with Crippen LogP contribution in [-0.4, -0.2) is 22.6 Å². The van der Waals surface area contributed by atoms with Gasteiger partial charge in [-0.15, -0.1) is 11.6 Å². The highest BCUT2D eigenvalue weighted by Gasteiger charge is 2.30. The minimum Gasteiger partial charge on any atom is -0.467 e. The summed E-state index contributed by atoms with van der Waals surface area (Å²) in [5.74, 6) is -0.300. The number of fused-ring (bicyclic) bond motifs is 1. The van der Waals surface area contributed by atoms with E-state index in [0.29, 0.717) is 16.9 Å². The van der Waals surface area contributed by atoms with E-state index in [2.05, 4.69) is 4.98 Å². The smallest absolute Gasteiger partial charge is 0.329 e. The van der Waals surface area contributed by atoms with Gasteiger partial charge in [0.25, 0.3) is 0 Å². The molecule has 0 fully saturated rings. The van der Waals surface area contributed by atoms with Crippen LogP contribution < -0.4 is 0 Å². The van der Waals surface area contributed by atoms with E-state index in [4.69, 9.17) is 16.3 Å². The second-order valence-corrected chi connectivity index (χ2v) is 5.96. The van der Waals surface area contributed by atoms with Crippen molar-refractivity contribution in [1.29, 1.82) is 0 Å². The van der Waals surface area contributed by atoms with Gasteiger partial charge in [-0.25, -0.2) is 14.2 Å². The van der Waals surface area contributed by atoms with Gasteiger partial charge in [0, 0.05) is 0 Å². The third-order valence-electron chi connectivity index (χ3n) is 3.39. The number of hydrogen-bond acceptors (Lipinski definition) is 3. The lowest BCUT2D eigenvalue weighted by molar-refractivity contribution is -0.146. The van der Waals surface area contributed by atoms with E-state index in [-0.39, 0.29) is 11.7 Å². The van der Waals surface area contributed by atoms with Gasteiger partial charge in [0.15, 0.2) is 0 Å². The average Bonchev–Trinajstić information content (AvgIpc) is 2.77. The zero-order chi connectivity index (χ0) is 15.7. The second-order valence-electron chi connectivity index (χ2n) is 5.30. The summed E-state index contributed by atoms with van der Waals surface area (Å²) in [5.41, 5.74) is 1.15. The summed E-state index contributed by atoms with van der Waals surface area (Å²) in [6, 6.07) is 3.69. The molecule has 0 N–H and O–H groups in total. The van der Waals surface area contributed by atoms with Crippen molar-refractivity contribution in [1.82, 2.24) is 9.55 Å². The van der Waals surface area contributed by atoms with Crippen LogP contribution >= 0.6 is 11.6 Å². The van der Waals surface area contributed by atoms with Crippen molar-refractivity contribution < 1.29 is 13.9 Å². The molecule has 0 aliphatic rings. The second kappa shape index (κ2) is 6.02. The van der Waals surface area contributed by atoms with E-state index in [1.54, 1.807) is 17.6 Å². The van der Waals surface area contributed by atoms with E-state index >= 15 is 0 Å². The van der Waals surface area contributed by atoms with Crippen LogP contribution in [0.2, 0.25) is 0 Å². The maximum Gasteiger partial charge on any atom is 0.329 e. The quantitative estimate of drug-likeness (QED) is 0.636. The fourth-order valence-corrected chi connectivity index (χ4v) is 2.61. The maximum atomic E-state index is 13.6. The molecule has 21 heavy (non-hydrogen) atoms. The molecule has 2 rings (SSSR count). The molecule has 0 bridgehead atoms. The fraction of sp³-hybridized carbons (Fsp3) is 0.467. The number of nitrogens with zero attached hydrogens (tertiary/aromatic N) is 2. The minimum absolute atomic E-state index is 0.0488. The molecular formula is C15H18ClFN2O2. The van der Waals surface area contributed by atoms with E-state index in [1.165, 1.54) is 19.2 Å². The summed E-state index contributed by atoms with van der Waals surface area (Å²) in [6.45, 7) is 5.56. The third kappa shape index (κ3) is 2.88. The molecule has 0 saturated carbocycles. The van der Waals surface area contributed by atoms with Crippen LogP contribution in [0.25, 0.3) is 11.0 Å². The van der Waals surface area contributed by atoms with Crippen molar-refractivity contribution in [3.05, 3.63) is 29.8 Å². The molecular weight excluding hydrogens is 295 g/mol. The summed E-state index contributed by atoms with van der Waals surface area (Å²) in [7, 11) is 1.33. The Morgan fingerprint density at radius 3 is 2.57 bits per heavy atom. The van der Waals surface area contributed by atoms with Gasteiger partial charge in [-0.2, -0.15) is 0 Å². The van der Waals surface area contributed by atoms with Gasteiger partial charge in [-0.05, 0) is 31.0 Å². The van der Waals surface area contributed by atoms with Gasteiger partial charge in [0.05, 0.1) is 23.5 Å². The molecule has 1 aromatic carbocycles. The number of alkyl halides is 1. The number of carbonyl (C=O) groups excluding carboxylic acids is 1. The Morgan fingerprint density at radius 1 is 1.38 bits per heavy atom. The largest absolute Gasteiger partial charge is 0.467 e. The molecule has 0 radical (unpaired) electrons. The lowest BCUT2D eigenvalue weighted by Crippen LogP contribution is -2.27. The zero-order valence-electron chi connectivity index (χ0n) is 12.4. The number of aromatic nitrogens is 2. The Balaban J connectivity index is 2.76. The van der Waals surface area contributed by atoms with Crippen LogP contribution in [0.5, 0.6) is 0 Å². The van der Waals surface area contributed by atoms with Crippen molar-refractivity contribution in [3.63, 3.8) is 0 Å². The van der Waals surface area contributed by atoms with Crippen LogP contribution in [-0.2, 0) is 9.53 Å². The van der Waals surface area contributed by atoms with Crippen molar-refractivity contribution in [2.24, 2.45) is 5.92 Å². The number of imidazole rings is 1. The molecule has 2 unspecified atom stereocenters. The summed E-state index contributed by atoms with van der Waals surface area (Å²) in [5, 5.41) is -0.411. The van der Waals surface area contributed by atoms with Crippen molar-refractivity contribution >= 4 is 28.6 Å². The maximum absolute atomic E-state index is 13.6. The van der Waals surface area contributed by atoms with Gasteiger partial charge < -0.3 is 9.30 Å². The minimum atomic E-state index is -0.599. The first-order valence-corrected chi connectivity index (χ1v) is 7.19. The van der Waals surface area contributed by atoms with Crippen LogP contribution in [0.3, 0.4) is 0 Å². The van der Waals surface area contributed by atoms with Crippen LogP contribution in [0.1, 0.15) is 38.0 Å². The third-order valence-corrected chi connectivity index (χ3v) is 3.58. The van der Waals surface area contributed by atoms with E-state index in [0.717, 1.165) is 0 Å². The summed E-state index contributed by atoms with van der Waals surface area (Å²) >= 11 is 6.19. The lowest BCUT2D eigenvalue weighted by atomic mass is 10.0. The molecule has 0 spiro atoms. The molecule has 1 heterocycles. The van der Waals surface area contributed by atoms with Gasteiger partial charge in [0.2, 0.25) is 0 Å². The molecule has 0 amide bonds. The van der Waals surface area contributed by atoms with Crippen LogP contribution in [0.4, 0.5) is 4.39 Å². The predicted octanol–water partition coefficient (Wildman–Crippen LogP) is 3.85. The Kier molecular flexibility index (Phi) is 4.52. The number of halogens is 2. The number of esters is 1. The van der Waals surface area contributed by atoms with Gasteiger partial charge in [-0.1, -0.05) is 13.8 Å². The topological polar surface area (TPSA) is 44.1 Å². The van der Waals surface area contributed by atoms with Crippen LogP contribution in [0, 0.1) is 11.7 Å². The number of benzene rings is 1. The molecule has 2 atom stereocenters. The molecule has 2 aromatic rings. The number of carbonyl (C=O) groups is 1. The lowest BCUT2D eigenvalue weighted by Gasteiger charge is -2.23. The number of hydrogen-bond donors (Lipinski definition) is 0. The highest BCUT2D eigenvalue weighted by Crippen LogP contribution is 2.32. The number of methoxy groups -OCH3 is 1. The Hall–Kier alpha value is -1.62. The highest BCUT2D eigenvalue weighted by molar-refractivity contribution is 6.20.